The predicted molar refractivity (Wildman–Crippen MR) is 73.4 cm³/mol. The lowest BCUT2D eigenvalue weighted by molar-refractivity contribution is 1.40. The minimum Gasteiger partial charge on any atom is -0.0807 e. The highest BCUT2D eigenvalue weighted by Gasteiger charge is 1.97. The molecule has 0 amide bonds. The van der Waals surface area contributed by atoms with E-state index in [1.165, 1.54) is 16.7 Å². The first-order chi connectivity index (χ1) is 7.86. The van der Waals surface area contributed by atoms with Gasteiger partial charge in [-0.3, -0.25) is 0 Å². The summed E-state index contributed by atoms with van der Waals surface area (Å²) >= 11 is 0. The molecule has 0 aliphatic heterocycles. The average Bonchev–Trinajstić information content (AvgIpc) is 2.61. The summed E-state index contributed by atoms with van der Waals surface area (Å²) in [6.07, 6.45) is 11.9. The normalized spacial score (nSPS) is 13.6. The Labute approximate surface area is 99.0 Å². The first kappa shape index (κ1) is 12.5. The third kappa shape index (κ3) is 3.54. The largest absolute Gasteiger partial charge is 0.0807 e. The van der Waals surface area contributed by atoms with E-state index in [1.807, 2.05) is 13.8 Å². The molecule has 1 aromatic rings. The summed E-state index contributed by atoms with van der Waals surface area (Å²) in [6, 6.07) is 8.65. The highest BCUT2D eigenvalue weighted by atomic mass is 14.0. The van der Waals surface area contributed by atoms with E-state index in [9.17, 15) is 0 Å². The van der Waals surface area contributed by atoms with Gasteiger partial charge in [-0.15, -0.1) is 0 Å². The molecule has 0 radical (unpaired) electrons. The fraction of sp³-hybridized carbons (Fsp3) is 0.250. The number of benzene rings is 1. The fourth-order valence-corrected chi connectivity index (χ4v) is 1.52. The number of allylic oxidation sites excluding steroid dienone is 6. The van der Waals surface area contributed by atoms with Crippen LogP contribution in [0.2, 0.25) is 0 Å². The minimum absolute atomic E-state index is 1.03. The predicted octanol–water partition coefficient (Wildman–Crippen LogP) is 4.92. The molecule has 0 spiro atoms. The van der Waals surface area contributed by atoms with Crippen LogP contribution in [0.5, 0.6) is 0 Å². The Hall–Kier alpha value is -1.56. The van der Waals surface area contributed by atoms with Crippen LogP contribution >= 0.6 is 0 Å². The Bertz CT molecular complexity index is 389. The second-order valence-electron chi connectivity index (χ2n) is 3.55. The van der Waals surface area contributed by atoms with Gasteiger partial charge >= 0.3 is 0 Å². The summed E-state index contributed by atoms with van der Waals surface area (Å²) < 4.78 is 0. The molecule has 0 fully saturated rings. The molecular weight excluding hydrogens is 192 g/mol. The minimum atomic E-state index is 1.03. The first-order valence-electron chi connectivity index (χ1n) is 5.97. The summed E-state index contributed by atoms with van der Waals surface area (Å²) in [4.78, 5) is 0. The summed E-state index contributed by atoms with van der Waals surface area (Å²) in [5.41, 5.74) is 3.89. The van der Waals surface area contributed by atoms with Gasteiger partial charge in [0.25, 0.3) is 0 Å². The monoisotopic (exact) mass is 212 g/mol. The lowest BCUT2D eigenvalue weighted by Gasteiger charge is -2.01. The van der Waals surface area contributed by atoms with E-state index in [0.29, 0.717) is 0 Å². The molecule has 0 atom stereocenters. The van der Waals surface area contributed by atoms with Gasteiger partial charge in [-0.1, -0.05) is 74.1 Å². The second kappa shape index (κ2) is 6.84. The lowest BCUT2D eigenvalue weighted by Crippen LogP contribution is -1.80. The van der Waals surface area contributed by atoms with E-state index in [-0.39, 0.29) is 0 Å². The van der Waals surface area contributed by atoms with Crippen LogP contribution in [0.25, 0.3) is 5.57 Å². The molecule has 2 rings (SSSR count). The zero-order valence-electron chi connectivity index (χ0n) is 10.4. The molecule has 0 nitrogen and oxygen atoms in total. The molecule has 0 saturated heterocycles. The Morgan fingerprint density at radius 2 is 1.62 bits per heavy atom. The molecule has 1 aromatic carbocycles. The van der Waals surface area contributed by atoms with Crippen LogP contribution in [0.15, 0.2) is 54.6 Å². The molecule has 0 unspecified atom stereocenters. The zero-order chi connectivity index (χ0) is 11.8. The van der Waals surface area contributed by atoms with E-state index in [0.717, 1.165) is 6.42 Å². The highest BCUT2D eigenvalue weighted by Crippen LogP contribution is 2.18. The van der Waals surface area contributed by atoms with Crippen molar-refractivity contribution >= 4 is 5.57 Å². The third-order valence-electron chi connectivity index (χ3n) is 2.37. The van der Waals surface area contributed by atoms with Crippen LogP contribution in [0.3, 0.4) is 0 Å². The molecule has 1 aliphatic carbocycles. The Morgan fingerprint density at radius 1 is 0.938 bits per heavy atom. The quantitative estimate of drug-likeness (QED) is 0.619. The van der Waals surface area contributed by atoms with Crippen molar-refractivity contribution in [3.05, 3.63) is 65.8 Å². The van der Waals surface area contributed by atoms with E-state index >= 15 is 0 Å². The van der Waals surface area contributed by atoms with Crippen molar-refractivity contribution in [2.45, 2.75) is 27.2 Å². The second-order valence-corrected chi connectivity index (χ2v) is 3.55. The van der Waals surface area contributed by atoms with Gasteiger partial charge in [0.2, 0.25) is 0 Å². The molecule has 0 heterocycles. The molecule has 84 valence electrons. The van der Waals surface area contributed by atoms with E-state index < -0.39 is 0 Å². The lowest BCUT2D eigenvalue weighted by atomic mass is 10.0. The molecule has 1 aliphatic rings. The number of hydrogen-bond acceptors (Lipinski definition) is 0. The van der Waals surface area contributed by atoms with Gasteiger partial charge in [-0.25, -0.2) is 0 Å². The molecule has 0 N–H and O–H groups in total. The maximum Gasteiger partial charge on any atom is -0.0163 e. The van der Waals surface area contributed by atoms with E-state index in [1.54, 1.807) is 0 Å². The van der Waals surface area contributed by atoms with Crippen molar-refractivity contribution in [2.75, 3.05) is 0 Å². The van der Waals surface area contributed by atoms with Crippen molar-refractivity contribution in [1.29, 1.82) is 0 Å². The number of aryl methyl sites for hydroxylation is 1. The first-order valence-corrected chi connectivity index (χ1v) is 5.97. The maximum atomic E-state index is 2.19. The Morgan fingerprint density at radius 3 is 2.31 bits per heavy atom. The topological polar surface area (TPSA) is 0 Å². The molecular formula is C16H20. The Kier molecular flexibility index (Phi) is 5.35. The maximum absolute atomic E-state index is 2.19. The van der Waals surface area contributed by atoms with Crippen LogP contribution in [0, 0.1) is 6.92 Å². The summed E-state index contributed by atoms with van der Waals surface area (Å²) in [7, 11) is 0. The highest BCUT2D eigenvalue weighted by molar-refractivity contribution is 5.75. The summed E-state index contributed by atoms with van der Waals surface area (Å²) in [5.74, 6) is 0. The summed E-state index contributed by atoms with van der Waals surface area (Å²) in [6.45, 7) is 6.11. The van der Waals surface area contributed by atoms with Gasteiger partial charge in [-0.2, -0.15) is 0 Å². The van der Waals surface area contributed by atoms with Crippen molar-refractivity contribution in [3.63, 3.8) is 0 Å². The van der Waals surface area contributed by atoms with Crippen LogP contribution in [0.1, 0.15) is 31.4 Å². The van der Waals surface area contributed by atoms with Gasteiger partial charge in [0.05, 0.1) is 0 Å². The number of hydrogen-bond donors (Lipinski definition) is 0. The van der Waals surface area contributed by atoms with Gasteiger partial charge in [0.15, 0.2) is 0 Å². The van der Waals surface area contributed by atoms with Crippen LogP contribution in [0.4, 0.5) is 0 Å². The van der Waals surface area contributed by atoms with Crippen LogP contribution < -0.4 is 0 Å². The standard InChI is InChI=1S/C14H14.C2H6/c1-12-8-10-14(11-9-12)13-6-4-2-3-5-7-13;1-2/h2,4-11H,3H2,1H3;1-2H3. The van der Waals surface area contributed by atoms with E-state index in [4.69, 9.17) is 0 Å². The smallest absolute Gasteiger partial charge is 0.0163 e. The van der Waals surface area contributed by atoms with Gasteiger partial charge in [0, 0.05) is 0 Å². The molecule has 16 heavy (non-hydrogen) atoms. The third-order valence-corrected chi connectivity index (χ3v) is 2.37. The zero-order valence-corrected chi connectivity index (χ0v) is 10.4. The Balaban J connectivity index is 0.000000606. The number of rotatable bonds is 1. The molecule has 0 heteroatoms. The van der Waals surface area contributed by atoms with Crippen molar-refractivity contribution in [3.8, 4) is 0 Å². The summed E-state index contributed by atoms with van der Waals surface area (Å²) in [5, 5.41) is 0. The van der Waals surface area contributed by atoms with Gasteiger partial charge in [-0.05, 0) is 24.5 Å². The van der Waals surface area contributed by atoms with Gasteiger partial charge in [0.1, 0.15) is 0 Å². The average molecular weight is 212 g/mol. The van der Waals surface area contributed by atoms with Crippen LogP contribution in [-0.4, -0.2) is 0 Å². The van der Waals surface area contributed by atoms with Gasteiger partial charge < -0.3 is 0 Å². The van der Waals surface area contributed by atoms with Crippen molar-refractivity contribution in [1.82, 2.24) is 0 Å². The van der Waals surface area contributed by atoms with Crippen LogP contribution in [-0.2, 0) is 0 Å². The molecule has 0 bridgehead atoms. The molecule has 0 saturated carbocycles. The SMILES string of the molecule is CC.Cc1ccc(C2=CC=CCC=C2)cc1. The fourth-order valence-electron chi connectivity index (χ4n) is 1.52. The van der Waals surface area contributed by atoms with Crippen molar-refractivity contribution < 1.29 is 0 Å². The van der Waals surface area contributed by atoms with E-state index in [2.05, 4.69) is 61.6 Å². The van der Waals surface area contributed by atoms with Crippen molar-refractivity contribution in [2.24, 2.45) is 0 Å². The molecule has 0 aromatic heterocycles.